The maximum Gasteiger partial charge on any atom is 0.107 e. The topological polar surface area (TPSA) is 33.1 Å². The van der Waals surface area contributed by atoms with E-state index in [1.807, 2.05) is 0 Å². The highest BCUT2D eigenvalue weighted by atomic mass is 79.9. The number of pyridine rings is 1. The molecule has 0 fully saturated rings. The van der Waals surface area contributed by atoms with Crippen molar-refractivity contribution < 1.29 is 5.11 Å². The van der Waals surface area contributed by atoms with Crippen LogP contribution in [0.2, 0.25) is 0 Å². The van der Waals surface area contributed by atoms with Crippen molar-refractivity contribution in [1.29, 1.82) is 0 Å². The van der Waals surface area contributed by atoms with E-state index in [-0.39, 0.29) is 0 Å². The van der Waals surface area contributed by atoms with Gasteiger partial charge in [0.25, 0.3) is 0 Å². The minimum Gasteiger partial charge on any atom is -0.386 e. The Labute approximate surface area is 88.3 Å². The maximum atomic E-state index is 9.67. The minimum absolute atomic E-state index is 0.717. The van der Waals surface area contributed by atoms with Crippen molar-refractivity contribution in [3.63, 3.8) is 0 Å². The summed E-state index contributed by atoms with van der Waals surface area (Å²) in [6, 6.07) is 3.59. The summed E-state index contributed by atoms with van der Waals surface area (Å²) in [5.41, 5.74) is 0.00444. The molecule has 4 heteroatoms. The predicted molar refractivity (Wildman–Crippen MR) is 54.9 cm³/mol. The van der Waals surface area contributed by atoms with E-state index < -0.39 is 5.60 Å². The zero-order valence-electron chi connectivity index (χ0n) is 6.81. The fourth-order valence-corrected chi connectivity index (χ4v) is 1.93. The van der Waals surface area contributed by atoms with Crippen LogP contribution in [0, 0.1) is 0 Å². The van der Waals surface area contributed by atoms with E-state index in [4.69, 9.17) is 0 Å². The first-order valence-corrected chi connectivity index (χ1v) is 5.04. The van der Waals surface area contributed by atoms with Crippen molar-refractivity contribution in [2.45, 2.75) is 19.4 Å². The summed E-state index contributed by atoms with van der Waals surface area (Å²) < 4.78 is 1.43. The predicted octanol–water partition coefficient (Wildman–Crippen LogP) is 2.83. The summed E-state index contributed by atoms with van der Waals surface area (Å²) in [5.74, 6) is 0. The number of hydrogen-bond donors (Lipinski definition) is 1. The van der Waals surface area contributed by atoms with E-state index in [0.29, 0.717) is 9.21 Å². The lowest BCUT2D eigenvalue weighted by molar-refractivity contribution is 0.0783. The highest BCUT2D eigenvalue weighted by Gasteiger charge is 2.16. The molecule has 1 heterocycles. The Morgan fingerprint density at radius 3 is 2.00 bits per heavy atom. The second-order valence-electron chi connectivity index (χ2n) is 3.06. The average molecular weight is 295 g/mol. The summed E-state index contributed by atoms with van der Waals surface area (Å²) in [4.78, 5) is 4.07. The monoisotopic (exact) mass is 293 g/mol. The summed E-state index contributed by atoms with van der Waals surface area (Å²) in [6.07, 6.45) is 0. The van der Waals surface area contributed by atoms with Crippen LogP contribution in [0.1, 0.15) is 19.4 Å². The number of nitrogens with zero attached hydrogens (tertiary/aromatic N) is 1. The normalized spacial score (nSPS) is 11.8. The highest BCUT2D eigenvalue weighted by Crippen LogP contribution is 2.24. The van der Waals surface area contributed by atoms with Gasteiger partial charge in [-0.15, -0.1) is 0 Å². The molecule has 0 atom stereocenters. The molecule has 0 unspecified atom stereocenters. The van der Waals surface area contributed by atoms with Crippen LogP contribution in [0.3, 0.4) is 0 Å². The highest BCUT2D eigenvalue weighted by molar-refractivity contribution is 9.11. The minimum atomic E-state index is -0.825. The third-order valence-electron chi connectivity index (χ3n) is 1.47. The fourth-order valence-electron chi connectivity index (χ4n) is 0.818. The van der Waals surface area contributed by atoms with E-state index in [1.165, 1.54) is 0 Å². The first-order chi connectivity index (χ1) is 5.39. The van der Waals surface area contributed by atoms with Gasteiger partial charge in [-0.3, -0.25) is 0 Å². The van der Waals surface area contributed by atoms with Gasteiger partial charge in [0, 0.05) is 0 Å². The third-order valence-corrected chi connectivity index (χ3v) is 2.28. The van der Waals surface area contributed by atoms with Gasteiger partial charge in [0.05, 0.1) is 5.60 Å². The molecule has 0 bridgehead atoms. The average Bonchev–Trinajstić information content (AvgIpc) is 1.82. The van der Waals surface area contributed by atoms with Crippen molar-refractivity contribution in [1.82, 2.24) is 4.98 Å². The molecule has 1 rings (SSSR count). The molecule has 1 aromatic rings. The molecule has 0 spiro atoms. The lowest BCUT2D eigenvalue weighted by atomic mass is 10.0. The molecule has 2 nitrogen and oxygen atoms in total. The van der Waals surface area contributed by atoms with E-state index in [0.717, 1.165) is 5.56 Å². The Bertz CT molecular complexity index is 273. The van der Waals surface area contributed by atoms with E-state index in [9.17, 15) is 5.11 Å². The Kier molecular flexibility index (Phi) is 2.91. The molecule has 0 saturated heterocycles. The molecule has 0 saturated carbocycles. The van der Waals surface area contributed by atoms with Crippen molar-refractivity contribution >= 4 is 31.9 Å². The van der Waals surface area contributed by atoms with Crippen LogP contribution in [-0.2, 0) is 5.60 Å². The maximum absolute atomic E-state index is 9.67. The van der Waals surface area contributed by atoms with Crippen LogP contribution in [-0.4, -0.2) is 10.1 Å². The second kappa shape index (κ2) is 3.44. The molecule has 0 aromatic carbocycles. The van der Waals surface area contributed by atoms with E-state index in [2.05, 4.69) is 36.8 Å². The van der Waals surface area contributed by atoms with Crippen LogP contribution >= 0.6 is 31.9 Å². The van der Waals surface area contributed by atoms with Crippen LogP contribution in [0.25, 0.3) is 0 Å². The number of aliphatic hydroxyl groups is 1. The van der Waals surface area contributed by atoms with Gasteiger partial charge in [0.2, 0.25) is 0 Å². The Morgan fingerprint density at radius 2 is 1.67 bits per heavy atom. The van der Waals surface area contributed by atoms with Crippen LogP contribution in [0.5, 0.6) is 0 Å². The molecule has 0 aliphatic heterocycles. The lowest BCUT2D eigenvalue weighted by Gasteiger charge is -2.17. The molecular weight excluding hydrogens is 286 g/mol. The first-order valence-electron chi connectivity index (χ1n) is 3.45. The van der Waals surface area contributed by atoms with Gasteiger partial charge in [0.15, 0.2) is 0 Å². The smallest absolute Gasteiger partial charge is 0.107 e. The zero-order chi connectivity index (χ0) is 9.35. The van der Waals surface area contributed by atoms with Crippen LogP contribution in [0.15, 0.2) is 21.3 Å². The van der Waals surface area contributed by atoms with Crippen LogP contribution < -0.4 is 0 Å². The molecule has 1 N–H and O–H groups in total. The summed E-state index contributed by atoms with van der Waals surface area (Å²) in [5, 5.41) is 9.67. The van der Waals surface area contributed by atoms with Crippen molar-refractivity contribution in [3.8, 4) is 0 Å². The standard InChI is InChI=1S/C8H9Br2NO/c1-8(2,12)5-3-6(9)11-7(10)4-5/h3-4,12H,1-2H3. The van der Waals surface area contributed by atoms with Crippen molar-refractivity contribution in [2.24, 2.45) is 0 Å². The molecule has 0 aliphatic rings. The molecule has 1 aromatic heterocycles. The largest absolute Gasteiger partial charge is 0.386 e. The first kappa shape index (κ1) is 10.2. The number of aromatic nitrogens is 1. The number of hydrogen-bond acceptors (Lipinski definition) is 2. The third kappa shape index (κ3) is 2.54. The molecule has 0 amide bonds. The molecule has 12 heavy (non-hydrogen) atoms. The van der Waals surface area contributed by atoms with Gasteiger partial charge in [-0.1, -0.05) is 0 Å². The van der Waals surface area contributed by atoms with Crippen LogP contribution in [0.4, 0.5) is 0 Å². The Balaban J connectivity index is 3.18. The number of halogens is 2. The van der Waals surface area contributed by atoms with Gasteiger partial charge < -0.3 is 5.11 Å². The zero-order valence-corrected chi connectivity index (χ0v) is 9.98. The number of rotatable bonds is 1. The molecule has 0 radical (unpaired) electrons. The van der Waals surface area contributed by atoms with E-state index >= 15 is 0 Å². The van der Waals surface area contributed by atoms with Gasteiger partial charge >= 0.3 is 0 Å². The van der Waals surface area contributed by atoms with Gasteiger partial charge in [-0.25, -0.2) is 4.98 Å². The summed E-state index contributed by atoms with van der Waals surface area (Å²) in [7, 11) is 0. The molecular formula is C8H9Br2NO. The van der Waals surface area contributed by atoms with Crippen molar-refractivity contribution in [3.05, 3.63) is 26.9 Å². The van der Waals surface area contributed by atoms with Gasteiger partial charge in [-0.2, -0.15) is 0 Å². The fraction of sp³-hybridized carbons (Fsp3) is 0.375. The van der Waals surface area contributed by atoms with E-state index in [1.54, 1.807) is 26.0 Å². The Morgan fingerprint density at radius 1 is 1.25 bits per heavy atom. The van der Waals surface area contributed by atoms with Gasteiger partial charge in [0.1, 0.15) is 9.21 Å². The summed E-state index contributed by atoms with van der Waals surface area (Å²) >= 11 is 6.51. The van der Waals surface area contributed by atoms with Crippen molar-refractivity contribution in [2.75, 3.05) is 0 Å². The lowest BCUT2D eigenvalue weighted by Crippen LogP contribution is -2.15. The molecule has 0 aliphatic carbocycles. The van der Waals surface area contributed by atoms with Gasteiger partial charge in [-0.05, 0) is 63.4 Å². The molecule has 66 valence electrons. The second-order valence-corrected chi connectivity index (χ2v) is 4.69. The Hall–Kier alpha value is 0.0700. The quantitative estimate of drug-likeness (QED) is 0.808. The summed E-state index contributed by atoms with van der Waals surface area (Å²) in [6.45, 7) is 3.47. The SMILES string of the molecule is CC(C)(O)c1cc(Br)nc(Br)c1.